The number of nitrogens with one attached hydrogen (secondary N) is 2. The normalized spacial score (nSPS) is 12.4. The summed E-state index contributed by atoms with van der Waals surface area (Å²) in [6.07, 6.45) is -0.274. The summed E-state index contributed by atoms with van der Waals surface area (Å²) in [4.78, 5) is 38.4. The summed E-state index contributed by atoms with van der Waals surface area (Å²) < 4.78 is 46.4. The predicted octanol–water partition coefficient (Wildman–Crippen LogP) is 1.71. The Bertz CT molecular complexity index is 1390. The second kappa shape index (κ2) is 10.8. The molecular formula is C21H20ClFN4O7S. The fraction of sp³-hybridized carbons (Fsp3) is 0.190. The first-order valence-electron chi connectivity index (χ1n) is 9.98. The molecule has 0 saturated heterocycles. The number of sulfonamides is 1. The third-order valence-corrected chi connectivity index (χ3v) is 6.35. The van der Waals surface area contributed by atoms with Crippen molar-refractivity contribution in [2.24, 2.45) is 0 Å². The van der Waals surface area contributed by atoms with E-state index >= 15 is 0 Å². The number of likely N-dealkylation sites (N-methyl/N-ethyl adjacent to an activating group) is 1. The Morgan fingerprint density at radius 1 is 1.17 bits per heavy atom. The van der Waals surface area contributed by atoms with Crippen molar-refractivity contribution in [2.75, 3.05) is 7.05 Å². The Morgan fingerprint density at radius 3 is 2.29 bits per heavy atom. The van der Waals surface area contributed by atoms with Gasteiger partial charge in [0.05, 0.1) is 4.90 Å². The Labute approximate surface area is 203 Å². The first-order chi connectivity index (χ1) is 16.5. The van der Waals surface area contributed by atoms with E-state index in [2.05, 4.69) is 4.98 Å². The summed E-state index contributed by atoms with van der Waals surface area (Å²) in [6, 6.07) is 9.85. The van der Waals surface area contributed by atoms with Crippen LogP contribution >= 0.6 is 11.6 Å². The standard InChI is InChI=1S/C21H20ClFN4O7S/c1-26(31)17(10-11-27-19(28)12-18(22)24-21(27)30)20(29)25-35(32,33)16-8-6-15(7-9-16)34-14-4-2-13(23)3-5-14/h2-9,12,17,31H,10-11H2,1H3,(H,24,30)(H,25,29)/t17-/m0/s1. The summed E-state index contributed by atoms with van der Waals surface area (Å²) in [7, 11) is -3.22. The molecule has 0 fully saturated rings. The van der Waals surface area contributed by atoms with Gasteiger partial charge in [-0.25, -0.2) is 22.3 Å². The number of benzene rings is 2. The van der Waals surface area contributed by atoms with Gasteiger partial charge in [-0.3, -0.25) is 19.1 Å². The molecule has 0 unspecified atom stereocenters. The molecule has 0 radical (unpaired) electrons. The van der Waals surface area contributed by atoms with Crippen LogP contribution in [0.1, 0.15) is 6.42 Å². The molecule has 3 N–H and O–H groups in total. The number of carbonyl (C=O) groups is 1. The molecule has 0 saturated carbocycles. The summed E-state index contributed by atoms with van der Waals surface area (Å²) >= 11 is 5.60. The van der Waals surface area contributed by atoms with E-state index in [1.807, 2.05) is 4.72 Å². The van der Waals surface area contributed by atoms with Gasteiger partial charge in [-0.2, -0.15) is 5.06 Å². The van der Waals surface area contributed by atoms with E-state index in [1.54, 1.807) is 0 Å². The highest BCUT2D eigenvalue weighted by atomic mass is 35.5. The van der Waals surface area contributed by atoms with E-state index in [4.69, 9.17) is 16.3 Å². The second-order valence-electron chi connectivity index (χ2n) is 7.29. The average molecular weight is 527 g/mol. The van der Waals surface area contributed by atoms with E-state index < -0.39 is 39.0 Å². The van der Waals surface area contributed by atoms with Gasteiger partial charge in [-0.1, -0.05) is 11.6 Å². The van der Waals surface area contributed by atoms with Crippen LogP contribution in [0.15, 0.2) is 69.1 Å². The van der Waals surface area contributed by atoms with Crippen molar-refractivity contribution in [1.82, 2.24) is 19.3 Å². The summed E-state index contributed by atoms with van der Waals surface area (Å²) in [5.41, 5.74) is -1.55. The quantitative estimate of drug-likeness (QED) is 0.281. The van der Waals surface area contributed by atoms with Crippen molar-refractivity contribution in [3.63, 3.8) is 0 Å². The molecule has 2 aromatic carbocycles. The van der Waals surface area contributed by atoms with Crippen molar-refractivity contribution in [3.05, 3.63) is 86.4 Å². The number of hydroxylamine groups is 2. The number of aromatic nitrogens is 2. The van der Waals surface area contributed by atoms with Gasteiger partial charge in [0.1, 0.15) is 28.5 Å². The molecule has 1 atom stereocenters. The SMILES string of the molecule is CN(O)[C@@H](CCn1c(=O)cc(Cl)[nH]c1=O)C(=O)NS(=O)(=O)c1ccc(Oc2ccc(F)cc2)cc1. The predicted molar refractivity (Wildman–Crippen MR) is 123 cm³/mol. The van der Waals surface area contributed by atoms with Crippen LogP contribution in [0.5, 0.6) is 11.5 Å². The van der Waals surface area contributed by atoms with E-state index in [0.717, 1.165) is 17.7 Å². The number of hydrogen-bond donors (Lipinski definition) is 3. The van der Waals surface area contributed by atoms with Crippen LogP contribution in [0.4, 0.5) is 4.39 Å². The van der Waals surface area contributed by atoms with E-state index in [9.17, 15) is 32.4 Å². The summed E-state index contributed by atoms with van der Waals surface area (Å²) in [6.45, 7) is -0.302. The van der Waals surface area contributed by atoms with E-state index in [0.29, 0.717) is 10.8 Å². The molecule has 0 spiro atoms. The number of rotatable bonds is 9. The van der Waals surface area contributed by atoms with E-state index in [-0.39, 0.29) is 28.8 Å². The molecule has 1 aromatic heterocycles. The first-order valence-corrected chi connectivity index (χ1v) is 11.8. The number of nitrogens with zero attached hydrogens (tertiary/aromatic N) is 2. The van der Waals surface area contributed by atoms with Gasteiger partial charge in [0, 0.05) is 19.7 Å². The molecule has 35 heavy (non-hydrogen) atoms. The van der Waals surface area contributed by atoms with E-state index in [1.165, 1.54) is 48.5 Å². The van der Waals surface area contributed by atoms with Crippen LogP contribution in [-0.4, -0.2) is 47.2 Å². The number of hydrogen-bond acceptors (Lipinski definition) is 8. The smallest absolute Gasteiger partial charge is 0.329 e. The molecule has 0 aliphatic rings. The molecule has 1 heterocycles. The van der Waals surface area contributed by atoms with Gasteiger partial charge in [-0.15, -0.1) is 0 Å². The Hall–Kier alpha value is -3.52. The maximum atomic E-state index is 13.0. The minimum atomic E-state index is -4.33. The Morgan fingerprint density at radius 2 is 1.74 bits per heavy atom. The molecule has 3 aromatic rings. The lowest BCUT2D eigenvalue weighted by atomic mass is 10.2. The number of ether oxygens (including phenoxy) is 1. The molecule has 186 valence electrons. The highest BCUT2D eigenvalue weighted by Gasteiger charge is 2.27. The lowest BCUT2D eigenvalue weighted by molar-refractivity contribution is -0.146. The lowest BCUT2D eigenvalue weighted by Gasteiger charge is -2.21. The lowest BCUT2D eigenvalue weighted by Crippen LogP contribution is -2.47. The van der Waals surface area contributed by atoms with Crippen LogP contribution in [-0.2, 0) is 21.4 Å². The zero-order valence-corrected chi connectivity index (χ0v) is 19.7. The van der Waals surface area contributed by atoms with Crippen molar-refractivity contribution in [1.29, 1.82) is 0 Å². The average Bonchev–Trinajstić information content (AvgIpc) is 2.77. The monoisotopic (exact) mass is 526 g/mol. The molecule has 0 aliphatic carbocycles. The number of aromatic amines is 1. The van der Waals surface area contributed by atoms with Crippen LogP contribution in [0.25, 0.3) is 0 Å². The maximum Gasteiger partial charge on any atom is 0.329 e. The second-order valence-corrected chi connectivity index (χ2v) is 9.38. The van der Waals surface area contributed by atoms with Crippen LogP contribution in [0.3, 0.4) is 0 Å². The van der Waals surface area contributed by atoms with Crippen LogP contribution in [0, 0.1) is 5.82 Å². The van der Waals surface area contributed by atoms with Gasteiger partial charge in [0.2, 0.25) is 0 Å². The summed E-state index contributed by atoms with van der Waals surface area (Å²) in [5.74, 6) is -0.912. The third kappa shape index (κ3) is 6.76. The van der Waals surface area contributed by atoms with Crippen LogP contribution < -0.4 is 20.7 Å². The Balaban J connectivity index is 1.69. The van der Waals surface area contributed by atoms with Gasteiger partial charge in [0.25, 0.3) is 21.5 Å². The third-order valence-electron chi connectivity index (χ3n) is 4.79. The van der Waals surface area contributed by atoms with Gasteiger partial charge < -0.3 is 9.94 Å². The largest absolute Gasteiger partial charge is 0.457 e. The van der Waals surface area contributed by atoms with Crippen LogP contribution in [0.2, 0.25) is 5.15 Å². The fourth-order valence-electron chi connectivity index (χ4n) is 3.03. The van der Waals surface area contributed by atoms with Gasteiger partial charge >= 0.3 is 5.69 Å². The van der Waals surface area contributed by atoms with Crippen molar-refractivity contribution in [2.45, 2.75) is 23.9 Å². The zero-order chi connectivity index (χ0) is 25.8. The van der Waals surface area contributed by atoms with Gasteiger partial charge in [-0.05, 0) is 55.0 Å². The number of H-pyrrole nitrogens is 1. The minimum absolute atomic E-state index is 0.162. The summed E-state index contributed by atoms with van der Waals surface area (Å²) in [5, 5.41) is 10.2. The maximum absolute atomic E-state index is 13.0. The van der Waals surface area contributed by atoms with Crippen molar-refractivity contribution < 1.29 is 27.5 Å². The molecule has 0 bridgehead atoms. The molecule has 1 amide bonds. The highest BCUT2D eigenvalue weighted by molar-refractivity contribution is 7.90. The first kappa shape index (κ1) is 26.1. The van der Waals surface area contributed by atoms with Crippen molar-refractivity contribution >= 4 is 27.5 Å². The molecule has 11 nitrogen and oxygen atoms in total. The molecule has 3 rings (SSSR count). The van der Waals surface area contributed by atoms with Crippen molar-refractivity contribution in [3.8, 4) is 11.5 Å². The number of carbonyl (C=O) groups excluding carboxylic acids is 1. The number of amides is 1. The molecular weight excluding hydrogens is 507 g/mol. The topological polar surface area (TPSA) is 151 Å². The molecule has 14 heteroatoms. The fourth-order valence-corrected chi connectivity index (χ4v) is 4.22. The zero-order valence-electron chi connectivity index (χ0n) is 18.1. The molecule has 0 aliphatic heterocycles. The number of halogens is 2. The minimum Gasteiger partial charge on any atom is -0.457 e. The Kier molecular flexibility index (Phi) is 8.07. The van der Waals surface area contributed by atoms with Gasteiger partial charge in [0.15, 0.2) is 0 Å². The highest BCUT2D eigenvalue weighted by Crippen LogP contribution is 2.23.